The van der Waals surface area contributed by atoms with Crippen LogP contribution in [0.2, 0.25) is 5.02 Å². The lowest BCUT2D eigenvalue weighted by atomic mass is 9.85. The molecule has 176 valence electrons. The highest BCUT2D eigenvalue weighted by Gasteiger charge is 2.59. The minimum Gasteiger partial charge on any atom is -0.490 e. The molecule has 2 amide bonds. The first kappa shape index (κ1) is 23.6. The van der Waals surface area contributed by atoms with Gasteiger partial charge in [-0.25, -0.2) is 0 Å². The molecule has 1 aliphatic heterocycles. The molecule has 0 unspecified atom stereocenters. The van der Waals surface area contributed by atoms with Crippen LogP contribution >= 0.6 is 43.5 Å². The van der Waals surface area contributed by atoms with E-state index in [2.05, 4.69) is 49.1 Å². The molecule has 0 N–H and O–H groups in total. The molecule has 3 aliphatic rings. The van der Waals surface area contributed by atoms with E-state index in [1.807, 2.05) is 31.2 Å². The molecule has 2 aliphatic carbocycles. The maximum absolute atomic E-state index is 12.9. The van der Waals surface area contributed by atoms with Gasteiger partial charge in [-0.2, -0.15) is 10.1 Å². The van der Waals surface area contributed by atoms with E-state index in [0.717, 1.165) is 21.5 Å². The molecule has 5 rings (SSSR count). The van der Waals surface area contributed by atoms with Crippen molar-refractivity contribution in [2.24, 2.45) is 28.8 Å². The zero-order chi connectivity index (χ0) is 24.0. The van der Waals surface area contributed by atoms with E-state index in [9.17, 15) is 9.59 Å². The zero-order valence-electron chi connectivity index (χ0n) is 18.2. The molecular formula is C25H21Br2ClN2O4. The SMILES string of the molecule is CCOc1cc(C=NN2C(=O)[C@@H]3[C@H](C2=O)[C@H]2C=C[C@H]3C2)c(Br)c(Cl)c1OCc1ccc(Br)cc1. The van der Waals surface area contributed by atoms with Crippen LogP contribution in [0.1, 0.15) is 24.5 Å². The molecular weight excluding hydrogens is 588 g/mol. The number of rotatable bonds is 7. The molecule has 6 nitrogen and oxygen atoms in total. The molecule has 1 heterocycles. The van der Waals surface area contributed by atoms with E-state index in [1.54, 1.807) is 6.07 Å². The second-order valence-electron chi connectivity index (χ2n) is 8.50. The standard InChI is InChI=1S/C25H21Br2ClN2O4/c1-2-33-18-10-16(21(27)22(28)23(18)34-12-13-3-7-17(26)8-4-13)11-29-30-24(31)19-14-5-6-15(9-14)20(19)25(30)32/h3-8,10-11,14-15,19-20H,2,9,12H2,1H3/t14-,15-,19-,20+/m0/s1. The monoisotopic (exact) mass is 606 g/mol. The van der Waals surface area contributed by atoms with Crippen molar-refractivity contribution >= 4 is 61.5 Å². The number of halogens is 3. The predicted molar refractivity (Wildman–Crippen MR) is 136 cm³/mol. The lowest BCUT2D eigenvalue weighted by Gasteiger charge is -2.16. The van der Waals surface area contributed by atoms with Gasteiger partial charge >= 0.3 is 0 Å². The second-order valence-corrected chi connectivity index (χ2v) is 10.6. The van der Waals surface area contributed by atoms with E-state index in [4.69, 9.17) is 21.1 Å². The number of hydrogen-bond acceptors (Lipinski definition) is 5. The van der Waals surface area contributed by atoms with E-state index in [0.29, 0.717) is 39.8 Å². The average Bonchev–Trinajstić information content (AvgIpc) is 3.51. The Kier molecular flexibility index (Phi) is 6.57. The summed E-state index contributed by atoms with van der Waals surface area (Å²) < 4.78 is 13.3. The third kappa shape index (κ3) is 4.10. The Balaban J connectivity index is 1.39. The lowest BCUT2D eigenvalue weighted by molar-refractivity contribution is -0.140. The van der Waals surface area contributed by atoms with Gasteiger partial charge in [0.1, 0.15) is 11.6 Å². The molecule has 1 saturated heterocycles. The number of ether oxygens (including phenoxy) is 2. The van der Waals surface area contributed by atoms with E-state index >= 15 is 0 Å². The van der Waals surface area contributed by atoms with Crippen molar-refractivity contribution in [2.45, 2.75) is 20.0 Å². The summed E-state index contributed by atoms with van der Waals surface area (Å²) in [6.45, 7) is 2.58. The second kappa shape index (κ2) is 9.47. The van der Waals surface area contributed by atoms with Crippen LogP contribution in [0.25, 0.3) is 0 Å². The van der Waals surface area contributed by atoms with Gasteiger partial charge in [0.15, 0.2) is 11.5 Å². The largest absolute Gasteiger partial charge is 0.490 e. The topological polar surface area (TPSA) is 68.2 Å². The quantitative estimate of drug-likeness (QED) is 0.220. The van der Waals surface area contributed by atoms with Crippen molar-refractivity contribution in [3.8, 4) is 11.5 Å². The van der Waals surface area contributed by atoms with Crippen molar-refractivity contribution in [3.63, 3.8) is 0 Å². The fourth-order valence-corrected chi connectivity index (χ4v) is 5.87. The maximum atomic E-state index is 12.9. The summed E-state index contributed by atoms with van der Waals surface area (Å²) in [6.07, 6.45) is 6.46. The summed E-state index contributed by atoms with van der Waals surface area (Å²) in [6, 6.07) is 9.52. The predicted octanol–water partition coefficient (Wildman–Crippen LogP) is 5.98. The van der Waals surface area contributed by atoms with Crippen molar-refractivity contribution in [1.82, 2.24) is 5.01 Å². The van der Waals surface area contributed by atoms with Crippen LogP contribution in [0.4, 0.5) is 0 Å². The van der Waals surface area contributed by atoms with Crippen LogP contribution in [0.5, 0.6) is 11.5 Å². The normalized spacial score (nSPS) is 25.0. The number of carbonyl (C=O) groups excluding carboxylic acids is 2. The summed E-state index contributed by atoms with van der Waals surface area (Å²) in [5.74, 6) is 0.0854. The van der Waals surface area contributed by atoms with Gasteiger partial charge in [-0.3, -0.25) is 9.59 Å². The number of hydrazone groups is 1. The highest BCUT2D eigenvalue weighted by atomic mass is 79.9. The molecule has 0 radical (unpaired) electrons. The minimum atomic E-state index is -0.292. The van der Waals surface area contributed by atoms with Gasteiger partial charge in [-0.05, 0) is 64.9 Å². The Morgan fingerprint density at radius 3 is 2.35 bits per heavy atom. The van der Waals surface area contributed by atoms with Crippen LogP contribution in [0, 0.1) is 23.7 Å². The van der Waals surface area contributed by atoms with Crippen molar-refractivity contribution in [1.29, 1.82) is 0 Å². The van der Waals surface area contributed by atoms with Crippen LogP contribution in [0.3, 0.4) is 0 Å². The van der Waals surface area contributed by atoms with Crippen LogP contribution in [-0.2, 0) is 16.2 Å². The van der Waals surface area contributed by atoms with Crippen LogP contribution in [-0.4, -0.2) is 29.6 Å². The first-order valence-electron chi connectivity index (χ1n) is 11.0. The third-order valence-corrected chi connectivity index (χ3v) is 8.48. The van der Waals surface area contributed by atoms with Gasteiger partial charge in [0.05, 0.1) is 24.7 Å². The first-order chi connectivity index (χ1) is 16.4. The van der Waals surface area contributed by atoms with Crippen molar-refractivity contribution in [3.05, 3.63) is 67.6 Å². The molecule has 2 aromatic carbocycles. The lowest BCUT2D eigenvalue weighted by Crippen LogP contribution is -2.28. The van der Waals surface area contributed by atoms with E-state index in [1.165, 1.54) is 6.21 Å². The number of allylic oxidation sites excluding steroid dienone is 2. The van der Waals surface area contributed by atoms with Gasteiger partial charge in [0, 0.05) is 14.5 Å². The Hall–Kier alpha value is -2.16. The van der Waals surface area contributed by atoms with Crippen molar-refractivity contribution < 1.29 is 19.1 Å². The van der Waals surface area contributed by atoms with Gasteiger partial charge < -0.3 is 9.47 Å². The number of hydrogen-bond donors (Lipinski definition) is 0. The maximum Gasteiger partial charge on any atom is 0.254 e. The molecule has 34 heavy (non-hydrogen) atoms. The Labute approximate surface area is 219 Å². The fourth-order valence-electron chi connectivity index (χ4n) is 4.95. The smallest absolute Gasteiger partial charge is 0.254 e. The number of imide groups is 1. The molecule has 2 aromatic rings. The highest BCUT2D eigenvalue weighted by Crippen LogP contribution is 2.52. The number of amides is 2. The molecule has 0 aromatic heterocycles. The molecule has 1 saturated carbocycles. The average molecular weight is 609 g/mol. The zero-order valence-corrected chi connectivity index (χ0v) is 22.1. The fraction of sp³-hybridized carbons (Fsp3) is 0.320. The molecule has 2 fully saturated rings. The van der Waals surface area contributed by atoms with Crippen molar-refractivity contribution in [2.75, 3.05) is 6.61 Å². The van der Waals surface area contributed by atoms with Gasteiger partial charge in [0.25, 0.3) is 11.8 Å². The summed E-state index contributed by atoms with van der Waals surface area (Å²) in [5, 5.41) is 5.60. The first-order valence-corrected chi connectivity index (χ1v) is 13.0. The Bertz CT molecular complexity index is 1180. The Morgan fingerprint density at radius 2 is 1.74 bits per heavy atom. The third-order valence-electron chi connectivity index (χ3n) is 6.51. The molecule has 4 atom stereocenters. The number of nitrogens with zero attached hydrogens (tertiary/aromatic N) is 2. The van der Waals surface area contributed by atoms with Gasteiger partial charge in [-0.1, -0.05) is 51.8 Å². The minimum absolute atomic E-state index is 0.138. The highest BCUT2D eigenvalue weighted by molar-refractivity contribution is 9.10. The van der Waals surface area contributed by atoms with Gasteiger partial charge in [-0.15, -0.1) is 0 Å². The summed E-state index contributed by atoms with van der Waals surface area (Å²) >= 11 is 13.6. The van der Waals surface area contributed by atoms with Crippen LogP contribution < -0.4 is 9.47 Å². The molecule has 9 heteroatoms. The number of carbonyl (C=O) groups is 2. The molecule has 2 bridgehead atoms. The van der Waals surface area contributed by atoms with E-state index in [-0.39, 0.29) is 35.5 Å². The Morgan fingerprint density at radius 1 is 1.09 bits per heavy atom. The van der Waals surface area contributed by atoms with Crippen LogP contribution in [0.15, 0.2) is 56.5 Å². The van der Waals surface area contributed by atoms with Gasteiger partial charge in [0.2, 0.25) is 0 Å². The molecule has 0 spiro atoms. The summed E-state index contributed by atoms with van der Waals surface area (Å²) in [5.41, 5.74) is 1.55. The van der Waals surface area contributed by atoms with E-state index < -0.39 is 0 Å². The summed E-state index contributed by atoms with van der Waals surface area (Å²) in [4.78, 5) is 25.8. The number of fused-ring (bicyclic) bond motifs is 5. The summed E-state index contributed by atoms with van der Waals surface area (Å²) in [7, 11) is 0. The number of benzene rings is 2.